The first-order chi connectivity index (χ1) is 13.3. The Morgan fingerprint density at radius 3 is 2.11 bits per heavy atom. The summed E-state index contributed by atoms with van der Waals surface area (Å²) in [6, 6.07) is 2.92. The molecule has 0 radical (unpaired) electrons. The Morgan fingerprint density at radius 1 is 1.07 bits per heavy atom. The fourth-order valence-corrected chi connectivity index (χ4v) is 3.11. The number of imidazole rings is 1. The number of carbonyl (C=O) groups excluding carboxylic acids is 1. The minimum absolute atomic E-state index is 0.138. The van der Waals surface area contributed by atoms with Crippen molar-refractivity contribution in [3.8, 4) is 17.2 Å². The van der Waals surface area contributed by atoms with E-state index in [0.717, 1.165) is 0 Å². The van der Waals surface area contributed by atoms with Crippen LogP contribution in [-0.2, 0) is 17.1 Å². The van der Waals surface area contributed by atoms with Crippen LogP contribution in [0.4, 0.5) is 0 Å². The molecule has 2 rings (SSSR count). The van der Waals surface area contributed by atoms with Gasteiger partial charge in [0.1, 0.15) is 0 Å². The van der Waals surface area contributed by atoms with Gasteiger partial charge in [-0.25, -0.2) is 13.4 Å². The van der Waals surface area contributed by atoms with Gasteiger partial charge in [-0.3, -0.25) is 10.2 Å². The molecule has 1 aromatic heterocycles. The number of sulfonamides is 1. The predicted octanol–water partition coefficient (Wildman–Crippen LogP) is 1.24. The molecule has 154 valence electrons. The van der Waals surface area contributed by atoms with Gasteiger partial charge in [0.2, 0.25) is 5.75 Å². The van der Waals surface area contributed by atoms with Crippen LogP contribution in [0, 0.1) is 0 Å². The topological polar surface area (TPSA) is 121 Å². The third-order valence-electron chi connectivity index (χ3n) is 3.43. The highest BCUT2D eigenvalue weighted by atomic mass is 32.2. The zero-order valence-electron chi connectivity index (χ0n) is 16.2. The molecule has 2 N–H and O–H groups in total. The molecule has 1 aromatic carbocycles. The maximum absolute atomic E-state index is 12.5. The van der Waals surface area contributed by atoms with Gasteiger partial charge >= 0.3 is 0 Å². The Labute approximate surface area is 163 Å². The number of carbonyl (C=O) groups is 1. The number of hydrogen-bond acceptors (Lipinski definition) is 7. The maximum atomic E-state index is 12.5. The third-order valence-corrected chi connectivity index (χ3v) is 4.56. The van der Waals surface area contributed by atoms with Crippen molar-refractivity contribution in [3.05, 3.63) is 30.2 Å². The van der Waals surface area contributed by atoms with Crippen LogP contribution in [-0.4, -0.2) is 43.7 Å². The summed E-state index contributed by atoms with van der Waals surface area (Å²) in [5, 5.41) is -0.216. The molecule has 28 heavy (non-hydrogen) atoms. The SMILES string of the molecule is CCOc1cc(C(=O)NNS(=O)(=O)c2cn(C)cn2)cc(OCC)c1OCC. The Bertz CT molecular complexity index is 898. The van der Waals surface area contributed by atoms with Crippen LogP contribution >= 0.6 is 0 Å². The van der Waals surface area contributed by atoms with Gasteiger partial charge in [0, 0.05) is 18.8 Å². The molecule has 2 aromatic rings. The maximum Gasteiger partial charge on any atom is 0.276 e. The van der Waals surface area contributed by atoms with Crippen molar-refractivity contribution in [2.45, 2.75) is 25.8 Å². The number of nitrogens with one attached hydrogen (secondary N) is 2. The predicted molar refractivity (Wildman–Crippen MR) is 101 cm³/mol. The molecule has 1 amide bonds. The molecular formula is C17H24N4O6S. The van der Waals surface area contributed by atoms with Crippen LogP contribution in [0.25, 0.3) is 0 Å². The first-order valence-electron chi connectivity index (χ1n) is 8.68. The van der Waals surface area contributed by atoms with Crippen molar-refractivity contribution in [1.82, 2.24) is 19.8 Å². The van der Waals surface area contributed by atoms with E-state index in [2.05, 4.69) is 10.4 Å². The van der Waals surface area contributed by atoms with Gasteiger partial charge in [0.15, 0.2) is 16.5 Å². The van der Waals surface area contributed by atoms with Gasteiger partial charge in [-0.2, -0.15) is 0 Å². The zero-order chi connectivity index (χ0) is 20.7. The number of nitrogens with zero attached hydrogens (tertiary/aromatic N) is 2. The molecule has 10 nitrogen and oxygen atoms in total. The van der Waals surface area contributed by atoms with Crippen LogP contribution in [0.3, 0.4) is 0 Å². The minimum atomic E-state index is -4.00. The lowest BCUT2D eigenvalue weighted by Crippen LogP contribution is -2.41. The molecule has 0 fully saturated rings. The molecule has 0 aliphatic rings. The van der Waals surface area contributed by atoms with E-state index in [0.29, 0.717) is 37.1 Å². The smallest absolute Gasteiger partial charge is 0.276 e. The summed E-state index contributed by atoms with van der Waals surface area (Å²) in [6.07, 6.45) is 2.65. The fraction of sp³-hybridized carbons (Fsp3) is 0.412. The minimum Gasteiger partial charge on any atom is -0.490 e. The Hall–Kier alpha value is -2.79. The molecular weight excluding hydrogens is 388 g/mol. The normalized spacial score (nSPS) is 11.1. The number of rotatable bonds is 10. The van der Waals surface area contributed by atoms with Gasteiger partial charge in [0.05, 0.1) is 26.1 Å². The van der Waals surface area contributed by atoms with E-state index in [1.54, 1.807) is 20.9 Å². The van der Waals surface area contributed by atoms with Gasteiger partial charge in [-0.1, -0.05) is 0 Å². The summed E-state index contributed by atoms with van der Waals surface area (Å²) in [6.45, 7) is 6.49. The lowest BCUT2D eigenvalue weighted by atomic mass is 10.1. The summed E-state index contributed by atoms with van der Waals surface area (Å²) in [7, 11) is -2.37. The van der Waals surface area contributed by atoms with Crippen molar-refractivity contribution in [3.63, 3.8) is 0 Å². The Balaban J connectivity index is 2.26. The van der Waals surface area contributed by atoms with Gasteiger partial charge in [-0.15, -0.1) is 4.83 Å². The van der Waals surface area contributed by atoms with Crippen molar-refractivity contribution in [2.75, 3.05) is 19.8 Å². The number of hydrogen-bond donors (Lipinski definition) is 2. The Kier molecular flexibility index (Phi) is 7.24. The molecule has 0 atom stereocenters. The second-order valence-electron chi connectivity index (χ2n) is 5.54. The van der Waals surface area contributed by atoms with E-state index in [-0.39, 0.29) is 10.6 Å². The lowest BCUT2D eigenvalue weighted by Gasteiger charge is -2.17. The van der Waals surface area contributed by atoms with E-state index < -0.39 is 15.9 Å². The third kappa shape index (κ3) is 5.14. The molecule has 11 heteroatoms. The van der Waals surface area contributed by atoms with Crippen molar-refractivity contribution >= 4 is 15.9 Å². The van der Waals surface area contributed by atoms with Gasteiger partial charge in [-0.05, 0) is 32.9 Å². The average molecular weight is 412 g/mol. The molecule has 1 heterocycles. The van der Waals surface area contributed by atoms with E-state index in [1.807, 2.05) is 11.8 Å². The van der Waals surface area contributed by atoms with E-state index in [9.17, 15) is 13.2 Å². The second kappa shape index (κ2) is 9.42. The van der Waals surface area contributed by atoms with Crippen LogP contribution < -0.4 is 24.5 Å². The number of ether oxygens (including phenoxy) is 3. The molecule has 0 saturated heterocycles. The summed E-state index contributed by atoms with van der Waals surface area (Å²) in [4.78, 5) is 18.3. The highest BCUT2D eigenvalue weighted by molar-refractivity contribution is 7.89. The quantitative estimate of drug-likeness (QED) is 0.563. The monoisotopic (exact) mass is 412 g/mol. The summed E-state index contributed by atoms with van der Waals surface area (Å²) < 4.78 is 42.5. The fourth-order valence-electron chi connectivity index (χ4n) is 2.29. The molecule has 0 spiro atoms. The molecule has 0 unspecified atom stereocenters. The van der Waals surface area contributed by atoms with Crippen LogP contribution in [0.15, 0.2) is 29.7 Å². The van der Waals surface area contributed by atoms with Crippen LogP contribution in [0.2, 0.25) is 0 Å². The summed E-state index contributed by atoms with van der Waals surface area (Å²) in [5.41, 5.74) is 2.30. The highest BCUT2D eigenvalue weighted by Crippen LogP contribution is 2.39. The number of aryl methyl sites for hydroxylation is 1. The number of amides is 1. The molecule has 0 aliphatic carbocycles. The number of hydrazine groups is 1. The first kappa shape index (κ1) is 21.5. The second-order valence-corrected chi connectivity index (χ2v) is 7.17. The van der Waals surface area contributed by atoms with Gasteiger partial charge < -0.3 is 18.8 Å². The average Bonchev–Trinajstić information content (AvgIpc) is 3.10. The van der Waals surface area contributed by atoms with E-state index >= 15 is 0 Å². The summed E-state index contributed by atoms with van der Waals surface area (Å²) >= 11 is 0. The molecule has 0 aliphatic heterocycles. The van der Waals surface area contributed by atoms with Crippen LogP contribution in [0.5, 0.6) is 17.2 Å². The number of aromatic nitrogens is 2. The largest absolute Gasteiger partial charge is 0.490 e. The van der Waals surface area contributed by atoms with Crippen molar-refractivity contribution < 1.29 is 27.4 Å². The Morgan fingerprint density at radius 2 is 1.64 bits per heavy atom. The lowest BCUT2D eigenvalue weighted by molar-refractivity contribution is 0.0944. The highest BCUT2D eigenvalue weighted by Gasteiger charge is 2.21. The standard InChI is InChI=1S/C17H24N4O6S/c1-5-25-13-8-12(9-14(26-6-2)16(13)27-7-3)17(22)19-20-28(23,24)15-10-21(4)11-18-15/h8-11,20H,5-7H2,1-4H3,(H,19,22). The van der Waals surface area contributed by atoms with E-state index in [1.165, 1.54) is 29.2 Å². The molecule has 0 saturated carbocycles. The first-order valence-corrected chi connectivity index (χ1v) is 10.2. The number of benzene rings is 1. The zero-order valence-corrected chi connectivity index (χ0v) is 17.0. The molecule has 0 bridgehead atoms. The van der Waals surface area contributed by atoms with E-state index in [4.69, 9.17) is 14.2 Å². The van der Waals surface area contributed by atoms with Crippen molar-refractivity contribution in [1.29, 1.82) is 0 Å². The van der Waals surface area contributed by atoms with Gasteiger partial charge in [0.25, 0.3) is 15.9 Å². The van der Waals surface area contributed by atoms with Crippen molar-refractivity contribution in [2.24, 2.45) is 7.05 Å². The van der Waals surface area contributed by atoms with Crippen LogP contribution in [0.1, 0.15) is 31.1 Å². The summed E-state index contributed by atoms with van der Waals surface area (Å²) in [5.74, 6) is 0.349.